The Kier molecular flexibility index (Phi) is 7.50. The molecule has 56 heavy (non-hydrogen) atoms. The number of para-hydroxylation sites is 2. The van der Waals surface area contributed by atoms with Gasteiger partial charge in [-0.05, 0) is 131 Å². The molecule has 4 atom stereocenters. The first-order valence-electron chi connectivity index (χ1n) is 20.9. The summed E-state index contributed by atoms with van der Waals surface area (Å²) >= 11 is 0. The summed E-state index contributed by atoms with van der Waals surface area (Å²) in [6.45, 7) is 9.89. The molecule has 2 nitrogen and oxygen atoms in total. The average molecular weight is 727 g/mol. The zero-order chi connectivity index (χ0) is 37.8. The Balaban J connectivity index is 1.01. The standard InChI is InChI=1S/C54H50N2/c1-53(2)47-19-11-8-16-41(47)43-29-27-39(33-49(43)53)55(40-28-30-44-42-17-9-12-20-48(42)54(3,4)50(44)34-40)38-25-22-35(23-26-38)36-24-31-52-46(32-36)45-18-10-13-21-51(45)56(52)37-14-6-5-7-15-37/h5-11,13-19,21-26,28,30-34,39,41,43,47H,12,20,27,29H2,1-4H3/t39-,41?,43?,47?/m1/s1. The summed E-state index contributed by atoms with van der Waals surface area (Å²) in [5, 5.41) is 2.57. The van der Waals surface area contributed by atoms with Crippen molar-refractivity contribution in [3.05, 3.63) is 180 Å². The molecule has 1 aromatic heterocycles. The van der Waals surface area contributed by atoms with E-state index in [-0.39, 0.29) is 16.9 Å². The monoisotopic (exact) mass is 726 g/mol. The first-order valence-corrected chi connectivity index (χ1v) is 20.9. The molecule has 6 aromatic rings. The molecule has 0 amide bonds. The lowest BCUT2D eigenvalue weighted by Crippen LogP contribution is -2.34. The van der Waals surface area contributed by atoms with Crippen LogP contribution >= 0.6 is 0 Å². The predicted octanol–water partition coefficient (Wildman–Crippen LogP) is 14.1. The predicted molar refractivity (Wildman–Crippen MR) is 237 cm³/mol. The fraction of sp³-hybridized carbons (Fsp3) is 0.259. The summed E-state index contributed by atoms with van der Waals surface area (Å²) < 4.78 is 2.39. The van der Waals surface area contributed by atoms with Crippen molar-refractivity contribution in [1.29, 1.82) is 0 Å². The van der Waals surface area contributed by atoms with E-state index in [0.29, 0.717) is 17.8 Å². The van der Waals surface area contributed by atoms with Crippen LogP contribution in [0, 0.1) is 23.2 Å². The lowest BCUT2D eigenvalue weighted by atomic mass is 9.74. The number of benzene rings is 5. The number of hydrogen-bond acceptors (Lipinski definition) is 1. The third-order valence-corrected chi connectivity index (χ3v) is 14.4. The van der Waals surface area contributed by atoms with Gasteiger partial charge in [0.15, 0.2) is 0 Å². The molecular weight excluding hydrogens is 677 g/mol. The van der Waals surface area contributed by atoms with Crippen LogP contribution in [0.5, 0.6) is 0 Å². The fourth-order valence-corrected chi connectivity index (χ4v) is 11.7. The van der Waals surface area contributed by atoms with Crippen LogP contribution in [0.15, 0.2) is 169 Å². The summed E-state index contributed by atoms with van der Waals surface area (Å²) in [5.41, 5.74) is 16.5. The number of anilines is 2. The van der Waals surface area contributed by atoms with Crippen molar-refractivity contribution in [2.45, 2.75) is 64.8 Å². The second kappa shape index (κ2) is 12.5. The minimum Gasteiger partial charge on any atom is -0.335 e. The van der Waals surface area contributed by atoms with Gasteiger partial charge in [-0.3, -0.25) is 0 Å². The van der Waals surface area contributed by atoms with Crippen molar-refractivity contribution in [1.82, 2.24) is 4.57 Å². The van der Waals surface area contributed by atoms with Gasteiger partial charge in [0.1, 0.15) is 0 Å². The molecule has 1 fully saturated rings. The van der Waals surface area contributed by atoms with Gasteiger partial charge in [0, 0.05) is 33.2 Å². The number of rotatable bonds is 5. The fourth-order valence-electron chi connectivity index (χ4n) is 11.7. The van der Waals surface area contributed by atoms with Gasteiger partial charge in [-0.25, -0.2) is 0 Å². The normalized spacial score (nSPS) is 23.9. The summed E-state index contributed by atoms with van der Waals surface area (Å²) in [7, 11) is 0. The molecular formula is C54H50N2. The topological polar surface area (TPSA) is 8.17 Å². The summed E-state index contributed by atoms with van der Waals surface area (Å²) in [5.74, 6) is 1.81. The summed E-state index contributed by atoms with van der Waals surface area (Å²) in [6, 6.07) is 43.7. The van der Waals surface area contributed by atoms with Crippen LogP contribution in [0.25, 0.3) is 44.2 Å². The Hall–Kier alpha value is -5.60. The van der Waals surface area contributed by atoms with E-state index in [2.05, 4.69) is 195 Å². The van der Waals surface area contributed by atoms with Gasteiger partial charge in [-0.2, -0.15) is 0 Å². The van der Waals surface area contributed by atoms with Gasteiger partial charge < -0.3 is 9.47 Å². The van der Waals surface area contributed by atoms with Gasteiger partial charge in [0.05, 0.1) is 17.1 Å². The van der Waals surface area contributed by atoms with Crippen LogP contribution in [0.3, 0.4) is 0 Å². The number of hydrogen-bond donors (Lipinski definition) is 0. The molecule has 2 heteroatoms. The van der Waals surface area contributed by atoms with Gasteiger partial charge in [0.25, 0.3) is 0 Å². The van der Waals surface area contributed by atoms with Crippen molar-refractivity contribution in [2.75, 3.05) is 4.90 Å². The van der Waals surface area contributed by atoms with E-state index in [1.165, 1.54) is 73.1 Å². The van der Waals surface area contributed by atoms with Crippen LogP contribution in [-0.2, 0) is 5.41 Å². The molecule has 0 radical (unpaired) electrons. The Morgan fingerprint density at radius 3 is 2.29 bits per heavy atom. The largest absolute Gasteiger partial charge is 0.335 e. The third kappa shape index (κ3) is 4.94. The molecule has 0 bridgehead atoms. The van der Waals surface area contributed by atoms with Gasteiger partial charge in [-0.1, -0.05) is 142 Å². The van der Waals surface area contributed by atoms with E-state index in [1.807, 2.05) is 0 Å². The molecule has 1 saturated carbocycles. The first-order chi connectivity index (χ1) is 27.3. The second-order valence-corrected chi connectivity index (χ2v) is 18.0. The van der Waals surface area contributed by atoms with Crippen LogP contribution in [0.4, 0.5) is 11.4 Å². The van der Waals surface area contributed by atoms with Crippen molar-refractivity contribution in [3.8, 4) is 16.8 Å². The van der Waals surface area contributed by atoms with Crippen LogP contribution in [0.2, 0.25) is 0 Å². The quantitative estimate of drug-likeness (QED) is 0.161. The Morgan fingerprint density at radius 2 is 1.43 bits per heavy atom. The number of allylic oxidation sites excluding steroid dienone is 9. The van der Waals surface area contributed by atoms with Crippen LogP contribution in [0.1, 0.15) is 64.5 Å². The third-order valence-electron chi connectivity index (χ3n) is 14.4. The zero-order valence-electron chi connectivity index (χ0n) is 33.0. The van der Waals surface area contributed by atoms with Crippen molar-refractivity contribution in [3.63, 3.8) is 0 Å². The maximum absolute atomic E-state index is 2.70. The molecule has 5 aliphatic rings. The number of fused-ring (bicyclic) bond motifs is 8. The van der Waals surface area contributed by atoms with Gasteiger partial charge in [0.2, 0.25) is 0 Å². The molecule has 5 aliphatic carbocycles. The highest BCUT2D eigenvalue weighted by Gasteiger charge is 2.51. The Bertz CT molecular complexity index is 2710. The molecule has 0 saturated heterocycles. The lowest BCUT2D eigenvalue weighted by Gasteiger charge is -2.39. The summed E-state index contributed by atoms with van der Waals surface area (Å²) in [6.07, 6.45) is 21.7. The van der Waals surface area contributed by atoms with Crippen LogP contribution in [-0.4, -0.2) is 10.6 Å². The van der Waals surface area contributed by atoms with E-state index in [1.54, 1.807) is 11.1 Å². The zero-order valence-corrected chi connectivity index (χ0v) is 33.0. The lowest BCUT2D eigenvalue weighted by molar-refractivity contribution is 0.319. The van der Waals surface area contributed by atoms with E-state index in [0.717, 1.165) is 19.3 Å². The molecule has 276 valence electrons. The van der Waals surface area contributed by atoms with Gasteiger partial charge in [-0.15, -0.1) is 0 Å². The van der Waals surface area contributed by atoms with E-state index in [9.17, 15) is 0 Å². The molecule has 5 aromatic carbocycles. The molecule has 3 unspecified atom stereocenters. The Labute approximate surface area is 331 Å². The van der Waals surface area contributed by atoms with E-state index < -0.39 is 0 Å². The Morgan fingerprint density at radius 1 is 0.679 bits per heavy atom. The minimum absolute atomic E-state index is 0.0289. The molecule has 0 aliphatic heterocycles. The smallest absolute Gasteiger partial charge is 0.0541 e. The van der Waals surface area contributed by atoms with Crippen LogP contribution < -0.4 is 4.90 Å². The van der Waals surface area contributed by atoms with Crippen molar-refractivity contribution < 1.29 is 0 Å². The van der Waals surface area contributed by atoms with E-state index in [4.69, 9.17) is 0 Å². The molecule has 1 heterocycles. The summed E-state index contributed by atoms with van der Waals surface area (Å²) in [4.78, 5) is 2.68. The maximum Gasteiger partial charge on any atom is 0.0541 e. The number of nitrogens with zero attached hydrogens (tertiary/aromatic N) is 2. The highest BCUT2D eigenvalue weighted by molar-refractivity contribution is 6.10. The van der Waals surface area contributed by atoms with Gasteiger partial charge >= 0.3 is 0 Å². The minimum atomic E-state index is 0.0289. The van der Waals surface area contributed by atoms with Crippen molar-refractivity contribution >= 4 is 38.8 Å². The maximum atomic E-state index is 2.70. The molecule has 0 spiro atoms. The highest BCUT2D eigenvalue weighted by atomic mass is 15.2. The average Bonchev–Trinajstić information content (AvgIpc) is 3.78. The number of aromatic nitrogens is 1. The second-order valence-electron chi connectivity index (χ2n) is 18.0. The highest BCUT2D eigenvalue weighted by Crippen LogP contribution is 2.59. The molecule has 0 N–H and O–H groups in total. The van der Waals surface area contributed by atoms with E-state index >= 15 is 0 Å². The van der Waals surface area contributed by atoms with Crippen molar-refractivity contribution in [2.24, 2.45) is 23.2 Å². The SMILES string of the molecule is CC1(C)C2=C(C=CCC2)c2ccc(N(c3ccc(-c4ccc5c(c4)c4ccccc4n5-c4ccccc4)cc3)[C@H]3C=C4C(CC3)C3C=CC=CC3C4(C)C)cc21. The first kappa shape index (κ1) is 33.7. The molecule has 11 rings (SSSR count).